The summed E-state index contributed by atoms with van der Waals surface area (Å²) in [5.41, 5.74) is 1.52. The molecular formula is C18H17NO4. The van der Waals surface area contributed by atoms with Gasteiger partial charge < -0.3 is 9.84 Å². The van der Waals surface area contributed by atoms with Gasteiger partial charge in [0.25, 0.3) is 5.56 Å². The van der Waals surface area contributed by atoms with E-state index in [4.69, 9.17) is 4.74 Å². The molecule has 118 valence electrons. The lowest BCUT2D eigenvalue weighted by Crippen LogP contribution is -2.36. The van der Waals surface area contributed by atoms with Gasteiger partial charge in [-0.25, -0.2) is 4.79 Å². The van der Waals surface area contributed by atoms with Crippen molar-refractivity contribution in [2.45, 2.75) is 26.4 Å². The van der Waals surface area contributed by atoms with E-state index in [1.165, 1.54) is 16.7 Å². The van der Waals surface area contributed by atoms with Crippen molar-refractivity contribution in [3.63, 3.8) is 0 Å². The van der Waals surface area contributed by atoms with Crippen LogP contribution in [0.5, 0.6) is 5.75 Å². The summed E-state index contributed by atoms with van der Waals surface area (Å²) in [6.45, 7) is 5.74. The van der Waals surface area contributed by atoms with Gasteiger partial charge in [0.2, 0.25) is 0 Å². The highest BCUT2D eigenvalue weighted by Crippen LogP contribution is 2.41. The molecule has 1 aliphatic heterocycles. The van der Waals surface area contributed by atoms with Gasteiger partial charge in [0, 0.05) is 17.8 Å². The van der Waals surface area contributed by atoms with Gasteiger partial charge in [-0.1, -0.05) is 6.07 Å². The maximum absolute atomic E-state index is 12.3. The van der Waals surface area contributed by atoms with Gasteiger partial charge in [-0.05, 0) is 50.6 Å². The number of rotatable bonds is 2. The van der Waals surface area contributed by atoms with E-state index in [9.17, 15) is 14.7 Å². The normalized spacial score (nSPS) is 15.8. The van der Waals surface area contributed by atoms with Gasteiger partial charge in [-0.3, -0.25) is 9.36 Å². The number of ether oxygens (including phenoxy) is 1. The van der Waals surface area contributed by atoms with Crippen molar-refractivity contribution in [1.82, 2.24) is 4.57 Å². The lowest BCUT2D eigenvalue weighted by molar-refractivity contribution is 0.0696. The highest BCUT2D eigenvalue weighted by atomic mass is 16.5. The smallest absolute Gasteiger partial charge is 0.335 e. The lowest BCUT2D eigenvalue weighted by atomic mass is 9.90. The van der Waals surface area contributed by atoms with Crippen LogP contribution in [0.3, 0.4) is 0 Å². The first-order valence-corrected chi connectivity index (χ1v) is 7.27. The van der Waals surface area contributed by atoms with Crippen LogP contribution in [-0.4, -0.2) is 21.2 Å². The predicted molar refractivity (Wildman–Crippen MR) is 86.8 cm³/mol. The number of aromatic carboxylic acids is 1. The summed E-state index contributed by atoms with van der Waals surface area (Å²) in [5, 5.41) is 9.24. The van der Waals surface area contributed by atoms with Crippen molar-refractivity contribution in [3.8, 4) is 5.75 Å². The number of hydrogen-bond acceptors (Lipinski definition) is 3. The Morgan fingerprint density at radius 3 is 2.61 bits per heavy atom. The quantitative estimate of drug-likeness (QED) is 0.925. The van der Waals surface area contributed by atoms with Crippen molar-refractivity contribution >= 4 is 11.7 Å². The van der Waals surface area contributed by atoms with Crippen LogP contribution in [0.2, 0.25) is 0 Å². The van der Waals surface area contributed by atoms with Crippen molar-refractivity contribution in [2.24, 2.45) is 0 Å². The summed E-state index contributed by atoms with van der Waals surface area (Å²) in [6.07, 6.45) is 1.68. The van der Waals surface area contributed by atoms with Gasteiger partial charge >= 0.3 is 5.97 Å². The Hall–Kier alpha value is -2.82. The molecule has 2 heterocycles. The average molecular weight is 311 g/mol. The molecule has 0 spiro atoms. The molecule has 1 aliphatic rings. The number of nitrogens with zero attached hydrogens (tertiary/aromatic N) is 1. The van der Waals surface area contributed by atoms with Crippen LogP contribution in [-0.2, 0) is 0 Å². The minimum Gasteiger partial charge on any atom is -0.483 e. The Labute approximate surface area is 133 Å². The van der Waals surface area contributed by atoms with Crippen molar-refractivity contribution < 1.29 is 14.6 Å². The van der Waals surface area contributed by atoms with Gasteiger partial charge in [0.05, 0.1) is 11.3 Å². The van der Waals surface area contributed by atoms with Crippen LogP contribution < -0.4 is 10.3 Å². The fourth-order valence-corrected chi connectivity index (χ4v) is 2.70. The van der Waals surface area contributed by atoms with E-state index in [0.717, 1.165) is 5.57 Å². The number of carboxylic acids is 1. The molecule has 1 N–H and O–H groups in total. The topological polar surface area (TPSA) is 68.5 Å². The zero-order valence-corrected chi connectivity index (χ0v) is 13.2. The predicted octanol–water partition coefficient (Wildman–Crippen LogP) is 3.00. The number of pyridine rings is 1. The van der Waals surface area contributed by atoms with E-state index >= 15 is 0 Å². The molecule has 0 unspecified atom stereocenters. The highest BCUT2D eigenvalue weighted by Gasteiger charge is 2.33. The number of benzene rings is 1. The highest BCUT2D eigenvalue weighted by molar-refractivity contribution is 5.90. The van der Waals surface area contributed by atoms with Crippen LogP contribution in [0.1, 0.15) is 36.7 Å². The van der Waals surface area contributed by atoms with Crippen LogP contribution in [0.15, 0.2) is 53.0 Å². The minimum absolute atomic E-state index is 0.154. The van der Waals surface area contributed by atoms with Crippen LogP contribution in [0, 0.1) is 0 Å². The first-order valence-electron chi connectivity index (χ1n) is 7.27. The number of hydrogen-bond donors (Lipinski definition) is 1. The van der Waals surface area contributed by atoms with Crippen molar-refractivity contribution in [2.75, 3.05) is 0 Å². The second-order valence-electron chi connectivity index (χ2n) is 6.01. The zero-order chi connectivity index (χ0) is 16.8. The van der Waals surface area contributed by atoms with Crippen molar-refractivity contribution in [3.05, 3.63) is 69.6 Å². The zero-order valence-electron chi connectivity index (χ0n) is 13.2. The average Bonchev–Trinajstić information content (AvgIpc) is 2.49. The number of carboxylic acid groups (broad SMARTS) is 1. The maximum Gasteiger partial charge on any atom is 0.335 e. The molecule has 0 saturated heterocycles. The Bertz CT molecular complexity index is 890. The van der Waals surface area contributed by atoms with Crippen LogP contribution in [0.4, 0.5) is 0 Å². The summed E-state index contributed by atoms with van der Waals surface area (Å²) in [7, 11) is 0. The molecule has 5 nitrogen and oxygen atoms in total. The van der Waals surface area contributed by atoms with Gasteiger partial charge in [-0.15, -0.1) is 0 Å². The number of fused-ring (bicyclic) bond motifs is 1. The molecule has 0 fully saturated rings. The summed E-state index contributed by atoms with van der Waals surface area (Å²) < 4.78 is 7.52. The second kappa shape index (κ2) is 5.12. The Kier molecular flexibility index (Phi) is 3.36. The minimum atomic E-state index is -1.02. The standard InChI is InChI=1S/C18H17NO4/c1-11-16(19-9-5-4-6-15(19)20)13-10-12(17(21)22)7-8-14(13)23-18(11,2)3/h4-10H,1-3H3,(H,21,22). The monoisotopic (exact) mass is 311 g/mol. The van der Waals surface area contributed by atoms with E-state index < -0.39 is 11.6 Å². The van der Waals surface area contributed by atoms with Crippen molar-refractivity contribution in [1.29, 1.82) is 0 Å². The molecular weight excluding hydrogens is 294 g/mol. The molecule has 23 heavy (non-hydrogen) atoms. The third-order valence-corrected chi connectivity index (χ3v) is 4.17. The summed E-state index contributed by atoms with van der Waals surface area (Å²) in [5.74, 6) is -0.452. The molecule has 5 heteroatoms. The first kappa shape index (κ1) is 15.1. The molecule has 3 rings (SSSR count). The third kappa shape index (κ3) is 2.44. The summed E-state index contributed by atoms with van der Waals surface area (Å²) in [4.78, 5) is 23.6. The molecule has 2 aromatic rings. The fourth-order valence-electron chi connectivity index (χ4n) is 2.70. The molecule has 0 radical (unpaired) electrons. The Morgan fingerprint density at radius 2 is 1.96 bits per heavy atom. The largest absolute Gasteiger partial charge is 0.483 e. The number of aromatic nitrogens is 1. The van der Waals surface area contributed by atoms with Crippen LogP contribution in [0.25, 0.3) is 5.70 Å². The third-order valence-electron chi connectivity index (χ3n) is 4.17. The molecule has 0 saturated carbocycles. The Balaban J connectivity index is 2.35. The van der Waals surface area contributed by atoms with E-state index in [1.807, 2.05) is 20.8 Å². The SMILES string of the molecule is CC1=C(n2ccccc2=O)c2cc(C(=O)O)ccc2OC1(C)C. The van der Waals surface area contributed by atoms with Gasteiger partial charge in [-0.2, -0.15) is 0 Å². The van der Waals surface area contributed by atoms with Gasteiger partial charge in [0.1, 0.15) is 11.4 Å². The van der Waals surface area contributed by atoms with Gasteiger partial charge in [0.15, 0.2) is 0 Å². The first-order chi connectivity index (χ1) is 10.8. The summed E-state index contributed by atoms with van der Waals surface area (Å²) in [6, 6.07) is 9.61. The molecule has 0 bridgehead atoms. The summed E-state index contributed by atoms with van der Waals surface area (Å²) >= 11 is 0. The van der Waals surface area contributed by atoms with E-state index in [2.05, 4.69) is 0 Å². The lowest BCUT2D eigenvalue weighted by Gasteiger charge is -2.36. The number of carbonyl (C=O) groups is 1. The van der Waals surface area contributed by atoms with E-state index in [0.29, 0.717) is 17.0 Å². The molecule has 0 amide bonds. The molecule has 0 atom stereocenters. The second-order valence-corrected chi connectivity index (χ2v) is 6.01. The maximum atomic E-state index is 12.3. The van der Waals surface area contributed by atoms with Crippen LogP contribution >= 0.6 is 0 Å². The van der Waals surface area contributed by atoms with E-state index in [-0.39, 0.29) is 11.1 Å². The molecule has 1 aromatic heterocycles. The fraction of sp³-hybridized carbons (Fsp3) is 0.222. The van der Waals surface area contributed by atoms with E-state index in [1.54, 1.807) is 30.5 Å². The molecule has 1 aromatic carbocycles. The molecule has 0 aliphatic carbocycles. The Morgan fingerprint density at radius 1 is 1.22 bits per heavy atom.